The Kier molecular flexibility index (Phi) is 4.57. The number of morpholine rings is 1. The molecular weight excluding hydrogens is 292 g/mol. The molecule has 3 rings (SSSR count). The predicted octanol–water partition coefficient (Wildman–Crippen LogP) is 0.289. The van der Waals surface area contributed by atoms with Gasteiger partial charge in [0.1, 0.15) is 6.10 Å². The van der Waals surface area contributed by atoms with Crippen LogP contribution in [0.5, 0.6) is 0 Å². The number of nitrogens with zero attached hydrogens (tertiary/aromatic N) is 2. The third-order valence-corrected chi connectivity index (χ3v) is 7.05. The molecule has 0 aromatic carbocycles. The minimum Gasteiger partial charge on any atom is -0.374 e. The fourth-order valence-corrected chi connectivity index (χ4v) is 5.37. The van der Waals surface area contributed by atoms with Crippen LogP contribution >= 0.6 is 0 Å². The first-order valence-corrected chi connectivity index (χ1v) is 9.39. The smallest absolute Gasteiger partial charge is 0.217 e. The maximum atomic E-state index is 12.5. The molecular formula is C14H26N2O4S. The first-order valence-electron chi connectivity index (χ1n) is 7.89. The molecule has 3 aliphatic rings. The fourth-order valence-electron chi connectivity index (χ4n) is 3.32. The van der Waals surface area contributed by atoms with Crippen LogP contribution in [-0.4, -0.2) is 81.5 Å². The monoisotopic (exact) mass is 318 g/mol. The molecule has 0 aromatic rings. The Morgan fingerprint density at radius 1 is 1.24 bits per heavy atom. The van der Waals surface area contributed by atoms with E-state index in [0.29, 0.717) is 19.8 Å². The lowest BCUT2D eigenvalue weighted by Crippen LogP contribution is -2.54. The van der Waals surface area contributed by atoms with Crippen molar-refractivity contribution in [1.29, 1.82) is 0 Å². The van der Waals surface area contributed by atoms with E-state index in [1.54, 1.807) is 4.31 Å². The van der Waals surface area contributed by atoms with Crippen molar-refractivity contribution in [3.8, 4) is 0 Å². The molecule has 3 atom stereocenters. The Hall–Kier alpha value is -0.210. The summed E-state index contributed by atoms with van der Waals surface area (Å²) in [6.45, 7) is 2.53. The summed E-state index contributed by atoms with van der Waals surface area (Å²) in [6, 6.07) is -0.0197. The molecule has 2 saturated carbocycles. The first-order chi connectivity index (χ1) is 10.00. The standard InChI is InChI=1S/C14H26N2O4S/c1-15(2)7-9-19-13-6-5-12-14(13)20-10-8-16(12)21(17,18)11-3-4-11/h11-14H,3-10H2,1-2H3/t12-,13+,14+/m0/s1. The number of likely N-dealkylation sites (N-methyl/N-ethyl adjacent to an activating group) is 1. The number of hydrogen-bond acceptors (Lipinski definition) is 5. The summed E-state index contributed by atoms with van der Waals surface area (Å²) in [6.07, 6.45) is 3.32. The predicted molar refractivity (Wildman–Crippen MR) is 79.7 cm³/mol. The van der Waals surface area contributed by atoms with Crippen LogP contribution in [0, 0.1) is 0 Å². The lowest BCUT2D eigenvalue weighted by Gasteiger charge is -2.38. The normalized spacial score (nSPS) is 34.3. The van der Waals surface area contributed by atoms with E-state index in [2.05, 4.69) is 4.90 Å². The number of hydrogen-bond donors (Lipinski definition) is 0. The summed E-state index contributed by atoms with van der Waals surface area (Å²) < 4.78 is 38.5. The van der Waals surface area contributed by atoms with Crippen LogP contribution in [0.1, 0.15) is 25.7 Å². The molecule has 1 heterocycles. The molecule has 21 heavy (non-hydrogen) atoms. The highest BCUT2D eigenvalue weighted by Gasteiger charge is 2.50. The third-order valence-electron chi connectivity index (χ3n) is 4.63. The summed E-state index contributed by atoms with van der Waals surface area (Å²) >= 11 is 0. The van der Waals surface area contributed by atoms with E-state index in [1.165, 1.54) is 0 Å². The van der Waals surface area contributed by atoms with Gasteiger partial charge < -0.3 is 14.4 Å². The van der Waals surface area contributed by atoms with Gasteiger partial charge in [0.15, 0.2) is 0 Å². The molecule has 1 saturated heterocycles. The van der Waals surface area contributed by atoms with E-state index in [4.69, 9.17) is 9.47 Å². The van der Waals surface area contributed by atoms with Crippen molar-refractivity contribution >= 4 is 10.0 Å². The summed E-state index contributed by atoms with van der Waals surface area (Å²) in [4.78, 5) is 2.08. The molecule has 0 aromatic heterocycles. The second-order valence-electron chi connectivity index (χ2n) is 6.55. The Morgan fingerprint density at radius 2 is 2.00 bits per heavy atom. The highest BCUT2D eigenvalue weighted by molar-refractivity contribution is 7.90. The van der Waals surface area contributed by atoms with Crippen molar-refractivity contribution in [3.63, 3.8) is 0 Å². The van der Waals surface area contributed by atoms with Crippen LogP contribution in [0.2, 0.25) is 0 Å². The molecule has 0 radical (unpaired) electrons. The van der Waals surface area contributed by atoms with Crippen LogP contribution < -0.4 is 0 Å². The second-order valence-corrected chi connectivity index (χ2v) is 8.71. The van der Waals surface area contributed by atoms with Crippen LogP contribution in [0.15, 0.2) is 0 Å². The molecule has 0 unspecified atom stereocenters. The maximum absolute atomic E-state index is 12.5. The SMILES string of the molecule is CN(C)CCO[C@@H]1CC[C@H]2[C@H]1OCCN2S(=O)(=O)C1CC1. The lowest BCUT2D eigenvalue weighted by molar-refractivity contribution is -0.0971. The van der Waals surface area contributed by atoms with Crippen molar-refractivity contribution in [3.05, 3.63) is 0 Å². The lowest BCUT2D eigenvalue weighted by atomic mass is 10.1. The Labute approximate surface area is 127 Å². The van der Waals surface area contributed by atoms with E-state index >= 15 is 0 Å². The van der Waals surface area contributed by atoms with Crippen molar-refractivity contribution in [1.82, 2.24) is 9.21 Å². The molecule has 7 heteroatoms. The largest absolute Gasteiger partial charge is 0.374 e. The van der Waals surface area contributed by atoms with Gasteiger partial charge in [-0.3, -0.25) is 0 Å². The number of fused-ring (bicyclic) bond motifs is 1. The molecule has 6 nitrogen and oxygen atoms in total. The van der Waals surface area contributed by atoms with E-state index in [1.807, 2.05) is 14.1 Å². The topological polar surface area (TPSA) is 59.1 Å². The zero-order valence-electron chi connectivity index (χ0n) is 12.9. The third kappa shape index (κ3) is 3.27. The minimum atomic E-state index is -3.11. The van der Waals surface area contributed by atoms with Gasteiger partial charge in [-0.15, -0.1) is 0 Å². The van der Waals surface area contributed by atoms with Crippen LogP contribution in [0.3, 0.4) is 0 Å². The average Bonchev–Trinajstić information content (AvgIpc) is 3.21. The molecule has 0 N–H and O–H groups in total. The van der Waals surface area contributed by atoms with E-state index in [-0.39, 0.29) is 23.5 Å². The van der Waals surface area contributed by atoms with Crippen LogP contribution in [-0.2, 0) is 19.5 Å². The number of sulfonamides is 1. The number of rotatable bonds is 6. The zero-order valence-corrected chi connectivity index (χ0v) is 13.7. The van der Waals surface area contributed by atoms with E-state index in [9.17, 15) is 8.42 Å². The molecule has 0 bridgehead atoms. The molecule has 0 amide bonds. The Balaban J connectivity index is 1.62. The quantitative estimate of drug-likeness (QED) is 0.704. The average molecular weight is 318 g/mol. The van der Waals surface area contributed by atoms with Crippen molar-refractivity contribution in [2.45, 2.75) is 49.2 Å². The van der Waals surface area contributed by atoms with Crippen LogP contribution in [0.4, 0.5) is 0 Å². The minimum absolute atomic E-state index is 0.0197. The number of ether oxygens (including phenoxy) is 2. The van der Waals surface area contributed by atoms with Gasteiger partial charge in [0.25, 0.3) is 0 Å². The Bertz CT molecular complexity index is 464. The highest BCUT2D eigenvalue weighted by atomic mass is 32.2. The molecule has 0 spiro atoms. The molecule has 3 fully saturated rings. The first kappa shape index (κ1) is 15.7. The van der Waals surface area contributed by atoms with Gasteiger partial charge in [0.05, 0.1) is 30.6 Å². The summed E-state index contributed by atoms with van der Waals surface area (Å²) in [5, 5.41) is -0.134. The van der Waals surface area contributed by atoms with Gasteiger partial charge in [-0.05, 0) is 39.8 Å². The van der Waals surface area contributed by atoms with Crippen molar-refractivity contribution < 1.29 is 17.9 Å². The molecule has 1 aliphatic heterocycles. The van der Waals surface area contributed by atoms with Crippen molar-refractivity contribution in [2.24, 2.45) is 0 Å². The summed E-state index contributed by atoms with van der Waals surface area (Å²) in [7, 11) is 0.921. The van der Waals surface area contributed by atoms with E-state index < -0.39 is 10.0 Å². The van der Waals surface area contributed by atoms with Gasteiger partial charge in [0.2, 0.25) is 10.0 Å². The summed E-state index contributed by atoms with van der Waals surface area (Å²) in [5.41, 5.74) is 0. The molecule has 122 valence electrons. The van der Waals surface area contributed by atoms with Gasteiger partial charge in [-0.25, -0.2) is 8.42 Å². The molecule has 2 aliphatic carbocycles. The van der Waals surface area contributed by atoms with Gasteiger partial charge in [-0.2, -0.15) is 4.31 Å². The van der Waals surface area contributed by atoms with Crippen LogP contribution in [0.25, 0.3) is 0 Å². The zero-order chi connectivity index (χ0) is 15.0. The highest BCUT2D eigenvalue weighted by Crippen LogP contribution is 2.38. The van der Waals surface area contributed by atoms with Gasteiger partial charge in [-0.1, -0.05) is 0 Å². The maximum Gasteiger partial charge on any atom is 0.217 e. The van der Waals surface area contributed by atoms with Crippen molar-refractivity contribution in [2.75, 3.05) is 40.4 Å². The fraction of sp³-hybridized carbons (Fsp3) is 1.00. The van der Waals surface area contributed by atoms with Gasteiger partial charge in [0, 0.05) is 13.1 Å². The van der Waals surface area contributed by atoms with E-state index in [0.717, 1.165) is 32.2 Å². The Morgan fingerprint density at radius 3 is 2.67 bits per heavy atom. The van der Waals surface area contributed by atoms with Gasteiger partial charge >= 0.3 is 0 Å². The second kappa shape index (κ2) is 6.12. The summed E-state index contributed by atoms with van der Waals surface area (Å²) in [5.74, 6) is 0.